The maximum absolute atomic E-state index is 13.4. The standard InChI is InChI=1S/C19H22F2N4O3/c1-25(10-7-15-4-2-3-8-22-15)18(26)13-24-19(27)23-9-11-28-17-6-5-14(20)12-16(17)21/h2-6,8,12H,7,9-11,13H2,1H3,(H2,23,24,27). The summed E-state index contributed by atoms with van der Waals surface area (Å²) in [7, 11) is 1.65. The van der Waals surface area contributed by atoms with Crippen LogP contribution in [0.3, 0.4) is 0 Å². The molecule has 3 amide bonds. The van der Waals surface area contributed by atoms with Crippen molar-refractivity contribution in [1.29, 1.82) is 0 Å². The van der Waals surface area contributed by atoms with Crippen LogP contribution in [0, 0.1) is 11.6 Å². The molecule has 0 spiro atoms. The number of pyridine rings is 1. The number of likely N-dealkylation sites (N-methyl/N-ethyl adjacent to an activating group) is 1. The van der Waals surface area contributed by atoms with Crippen LogP contribution in [-0.4, -0.2) is 55.1 Å². The Morgan fingerprint density at radius 1 is 1.18 bits per heavy atom. The quantitative estimate of drug-likeness (QED) is 0.637. The molecule has 1 aromatic heterocycles. The highest BCUT2D eigenvalue weighted by Crippen LogP contribution is 2.17. The van der Waals surface area contributed by atoms with Crippen molar-refractivity contribution in [3.05, 3.63) is 59.9 Å². The summed E-state index contributed by atoms with van der Waals surface area (Å²) in [6.07, 6.45) is 2.31. The van der Waals surface area contributed by atoms with Gasteiger partial charge in [0.2, 0.25) is 5.91 Å². The van der Waals surface area contributed by atoms with Gasteiger partial charge in [0, 0.05) is 38.0 Å². The number of carbonyl (C=O) groups is 2. The Labute approximate surface area is 161 Å². The monoisotopic (exact) mass is 392 g/mol. The molecule has 0 unspecified atom stereocenters. The maximum Gasteiger partial charge on any atom is 0.315 e. The molecule has 0 aliphatic rings. The summed E-state index contributed by atoms with van der Waals surface area (Å²) in [6.45, 7) is 0.411. The Hall–Kier alpha value is -3.23. The average Bonchev–Trinajstić information content (AvgIpc) is 2.69. The van der Waals surface area contributed by atoms with Gasteiger partial charge in [-0.05, 0) is 24.3 Å². The molecule has 9 heteroatoms. The number of ether oxygens (including phenoxy) is 1. The first-order chi connectivity index (χ1) is 13.5. The number of hydrogen-bond donors (Lipinski definition) is 2. The highest BCUT2D eigenvalue weighted by atomic mass is 19.1. The maximum atomic E-state index is 13.4. The molecule has 1 heterocycles. The van der Waals surface area contributed by atoms with Gasteiger partial charge < -0.3 is 20.3 Å². The van der Waals surface area contributed by atoms with E-state index in [-0.39, 0.29) is 31.4 Å². The van der Waals surface area contributed by atoms with Crippen molar-refractivity contribution in [2.24, 2.45) is 0 Å². The van der Waals surface area contributed by atoms with Gasteiger partial charge in [-0.2, -0.15) is 0 Å². The average molecular weight is 392 g/mol. The lowest BCUT2D eigenvalue weighted by Crippen LogP contribution is -2.44. The predicted molar refractivity (Wildman–Crippen MR) is 98.8 cm³/mol. The Kier molecular flexibility index (Phi) is 8.13. The predicted octanol–water partition coefficient (Wildman–Crippen LogP) is 1.74. The Balaban J connectivity index is 1.60. The van der Waals surface area contributed by atoms with Gasteiger partial charge in [-0.3, -0.25) is 9.78 Å². The van der Waals surface area contributed by atoms with Gasteiger partial charge in [-0.15, -0.1) is 0 Å². The minimum absolute atomic E-state index is 0.00605. The van der Waals surface area contributed by atoms with E-state index in [1.807, 2.05) is 18.2 Å². The molecule has 150 valence electrons. The van der Waals surface area contributed by atoms with Crippen molar-refractivity contribution in [1.82, 2.24) is 20.5 Å². The van der Waals surface area contributed by atoms with Gasteiger partial charge in [0.1, 0.15) is 12.4 Å². The van der Waals surface area contributed by atoms with Crippen LogP contribution in [-0.2, 0) is 11.2 Å². The van der Waals surface area contributed by atoms with Crippen molar-refractivity contribution in [2.75, 3.05) is 33.3 Å². The van der Waals surface area contributed by atoms with E-state index in [2.05, 4.69) is 15.6 Å². The summed E-state index contributed by atoms with van der Waals surface area (Å²) in [5, 5.41) is 4.93. The molecule has 0 aliphatic carbocycles. The molecule has 2 rings (SSSR count). The number of nitrogens with zero attached hydrogens (tertiary/aromatic N) is 2. The molecule has 0 fully saturated rings. The normalized spacial score (nSPS) is 10.2. The summed E-state index contributed by atoms with van der Waals surface area (Å²) in [5.41, 5.74) is 0.880. The second-order valence-electron chi connectivity index (χ2n) is 5.92. The van der Waals surface area contributed by atoms with Crippen molar-refractivity contribution < 1.29 is 23.1 Å². The lowest BCUT2D eigenvalue weighted by atomic mass is 10.2. The molecule has 1 aromatic carbocycles. The van der Waals surface area contributed by atoms with Crippen molar-refractivity contribution in [3.63, 3.8) is 0 Å². The zero-order chi connectivity index (χ0) is 20.4. The molecule has 7 nitrogen and oxygen atoms in total. The number of rotatable bonds is 9. The zero-order valence-electron chi connectivity index (χ0n) is 15.5. The van der Waals surface area contributed by atoms with Gasteiger partial charge in [-0.1, -0.05) is 6.07 Å². The fourth-order valence-corrected chi connectivity index (χ4v) is 2.22. The van der Waals surface area contributed by atoms with E-state index in [0.29, 0.717) is 19.0 Å². The highest BCUT2D eigenvalue weighted by molar-refractivity contribution is 5.83. The summed E-state index contributed by atoms with van der Waals surface area (Å²) in [6, 6.07) is 8.00. The molecule has 0 bridgehead atoms. The van der Waals surface area contributed by atoms with Crippen LogP contribution in [0.15, 0.2) is 42.6 Å². The first-order valence-electron chi connectivity index (χ1n) is 8.69. The smallest absolute Gasteiger partial charge is 0.315 e. The number of nitrogens with one attached hydrogen (secondary N) is 2. The van der Waals surface area contributed by atoms with Crippen LogP contribution in [0.5, 0.6) is 5.75 Å². The third kappa shape index (κ3) is 7.18. The van der Waals surface area contributed by atoms with E-state index < -0.39 is 17.7 Å². The van der Waals surface area contributed by atoms with Gasteiger partial charge in [0.05, 0.1) is 13.1 Å². The third-order valence-corrected chi connectivity index (χ3v) is 3.79. The van der Waals surface area contributed by atoms with E-state index >= 15 is 0 Å². The van der Waals surface area contributed by atoms with Crippen molar-refractivity contribution in [3.8, 4) is 5.75 Å². The molecule has 0 radical (unpaired) electrons. The van der Waals surface area contributed by atoms with Crippen LogP contribution in [0.1, 0.15) is 5.69 Å². The van der Waals surface area contributed by atoms with Crippen LogP contribution in [0.4, 0.5) is 13.6 Å². The van der Waals surface area contributed by atoms with Gasteiger partial charge in [-0.25, -0.2) is 13.6 Å². The fourth-order valence-electron chi connectivity index (χ4n) is 2.22. The van der Waals surface area contributed by atoms with Crippen molar-refractivity contribution in [2.45, 2.75) is 6.42 Å². The Bertz CT molecular complexity index is 790. The molecule has 0 saturated heterocycles. The number of urea groups is 1. The minimum Gasteiger partial charge on any atom is -0.489 e. The van der Waals surface area contributed by atoms with E-state index in [1.54, 1.807) is 13.2 Å². The highest BCUT2D eigenvalue weighted by Gasteiger charge is 2.11. The van der Waals surface area contributed by atoms with Crippen LogP contribution in [0.25, 0.3) is 0 Å². The first-order valence-corrected chi connectivity index (χ1v) is 8.69. The largest absolute Gasteiger partial charge is 0.489 e. The van der Waals surface area contributed by atoms with Crippen LogP contribution < -0.4 is 15.4 Å². The van der Waals surface area contributed by atoms with E-state index in [4.69, 9.17) is 4.74 Å². The summed E-state index contributed by atoms with van der Waals surface area (Å²) in [4.78, 5) is 29.4. The van der Waals surface area contributed by atoms with Crippen LogP contribution in [0.2, 0.25) is 0 Å². The molecule has 2 aromatic rings. The zero-order valence-corrected chi connectivity index (χ0v) is 15.5. The molecular formula is C19H22F2N4O3. The summed E-state index contributed by atoms with van der Waals surface area (Å²) >= 11 is 0. The minimum atomic E-state index is -0.816. The second-order valence-corrected chi connectivity index (χ2v) is 5.92. The molecule has 0 atom stereocenters. The molecule has 0 aliphatic heterocycles. The van der Waals surface area contributed by atoms with Gasteiger partial charge in [0.25, 0.3) is 0 Å². The fraction of sp³-hybridized carbons (Fsp3) is 0.316. The number of hydrogen-bond acceptors (Lipinski definition) is 4. The second kappa shape index (κ2) is 10.8. The summed E-state index contributed by atoms with van der Waals surface area (Å²) < 4.78 is 31.3. The Morgan fingerprint density at radius 3 is 2.71 bits per heavy atom. The van der Waals surface area contributed by atoms with Gasteiger partial charge >= 0.3 is 6.03 Å². The molecule has 28 heavy (non-hydrogen) atoms. The number of aromatic nitrogens is 1. The van der Waals surface area contributed by atoms with E-state index in [1.165, 1.54) is 11.0 Å². The molecular weight excluding hydrogens is 370 g/mol. The van der Waals surface area contributed by atoms with E-state index in [9.17, 15) is 18.4 Å². The van der Waals surface area contributed by atoms with E-state index in [0.717, 1.165) is 11.8 Å². The SMILES string of the molecule is CN(CCc1ccccn1)C(=O)CNC(=O)NCCOc1ccc(F)cc1F. The number of benzene rings is 1. The van der Waals surface area contributed by atoms with Gasteiger partial charge in [0.15, 0.2) is 11.6 Å². The van der Waals surface area contributed by atoms with Crippen LogP contribution >= 0.6 is 0 Å². The lowest BCUT2D eigenvalue weighted by molar-refractivity contribution is -0.128. The first kappa shape index (κ1) is 21.1. The van der Waals surface area contributed by atoms with Crippen molar-refractivity contribution >= 4 is 11.9 Å². The Morgan fingerprint density at radius 2 is 2.00 bits per heavy atom. The third-order valence-electron chi connectivity index (χ3n) is 3.79. The number of carbonyl (C=O) groups excluding carboxylic acids is 2. The number of amides is 3. The molecule has 2 N–H and O–H groups in total. The lowest BCUT2D eigenvalue weighted by Gasteiger charge is -2.17. The molecule has 0 saturated carbocycles. The summed E-state index contributed by atoms with van der Waals surface area (Å²) in [5.74, 6) is -1.86. The number of halogens is 2. The topological polar surface area (TPSA) is 83.6 Å².